The standard InChI is InChI=1S/C33H27BrF2N4O4.C30H23BrF2N4O2.C3H4O2/c1-37-23-9-6-21(25(35)16-23)17-44-30-5-3-4-27(38-30)20-7-10-24(26(36)14-20)31(33(41)18-43-19-33)32-39-28-11-8-22(34)15-29(28)40(32)12-13-42-2;1-34-23-10-8-21(25(33)17-23)18-39-30-5-3-4-26(36-30)20-7-6-19(24(32)14-20)15-29-35-27-11-9-22(31)16-28(27)37(29)12-13-38-2;4-3-1-5-2-3/h3-11,14-16,31,41H,12-13,17-19H2,2H3;3-11,14,16-17H,12-13,15,18H2,2H3;1-2H2. The first-order valence-corrected chi connectivity index (χ1v) is 29.0. The quantitative estimate of drug-likeness (QED) is 0.0603. The number of nitrogens with zero attached hydrogens (tertiary/aromatic N) is 8. The molecule has 6 heterocycles. The molecule has 2 saturated heterocycles. The molecule has 2 aliphatic heterocycles. The second-order valence-electron chi connectivity index (χ2n) is 20.4. The number of hydrogen-bond donors (Lipinski definition) is 1. The topological polar surface area (TPSA) is 163 Å². The molecule has 448 valence electrons. The highest BCUT2D eigenvalue weighted by molar-refractivity contribution is 9.10. The van der Waals surface area contributed by atoms with E-state index in [1.165, 1.54) is 42.5 Å². The maximum atomic E-state index is 16.1. The van der Waals surface area contributed by atoms with Crippen LogP contribution in [0.2, 0.25) is 0 Å². The van der Waals surface area contributed by atoms with Crippen molar-refractivity contribution >= 4 is 71.1 Å². The molecule has 10 aromatic rings. The van der Waals surface area contributed by atoms with Gasteiger partial charge in [-0.3, -0.25) is 4.79 Å². The van der Waals surface area contributed by atoms with Crippen LogP contribution in [0.15, 0.2) is 155 Å². The van der Waals surface area contributed by atoms with E-state index < -0.39 is 29.0 Å². The summed E-state index contributed by atoms with van der Waals surface area (Å²) >= 11 is 7.04. The molecule has 4 aromatic heterocycles. The highest BCUT2D eigenvalue weighted by atomic mass is 79.9. The maximum absolute atomic E-state index is 16.1. The number of carbonyl (C=O) groups excluding carboxylic acids is 1. The number of ketones is 1. The number of aromatic nitrogens is 6. The van der Waals surface area contributed by atoms with E-state index in [1.54, 1.807) is 68.8 Å². The number of rotatable bonds is 19. The lowest BCUT2D eigenvalue weighted by Gasteiger charge is -2.42. The van der Waals surface area contributed by atoms with Gasteiger partial charge >= 0.3 is 0 Å². The maximum Gasteiger partial charge on any atom is 0.214 e. The number of hydrogen-bond acceptors (Lipinski definition) is 12. The normalized spacial score (nSPS) is 13.5. The van der Waals surface area contributed by atoms with E-state index in [4.69, 9.17) is 46.8 Å². The van der Waals surface area contributed by atoms with E-state index in [0.29, 0.717) is 90.9 Å². The predicted octanol–water partition coefficient (Wildman–Crippen LogP) is 13.9. The fraction of sp³-hybridized carbons (Fsp3) is 0.227. The van der Waals surface area contributed by atoms with Crippen LogP contribution in [0.3, 0.4) is 0 Å². The van der Waals surface area contributed by atoms with Crippen LogP contribution < -0.4 is 9.47 Å². The van der Waals surface area contributed by atoms with Gasteiger partial charge in [0.25, 0.3) is 0 Å². The molecule has 2 fully saturated rings. The summed E-state index contributed by atoms with van der Waals surface area (Å²) in [5, 5.41) is 11.6. The Morgan fingerprint density at radius 3 is 1.58 bits per heavy atom. The van der Waals surface area contributed by atoms with Gasteiger partial charge in [-0.25, -0.2) is 47.2 Å². The smallest absolute Gasteiger partial charge is 0.214 e. The summed E-state index contributed by atoms with van der Waals surface area (Å²) in [6, 6.07) is 40.0. The van der Waals surface area contributed by atoms with E-state index in [-0.39, 0.29) is 72.3 Å². The minimum Gasteiger partial charge on any atom is -0.473 e. The lowest BCUT2D eigenvalue weighted by molar-refractivity contribution is -0.187. The van der Waals surface area contributed by atoms with Gasteiger partial charge in [-0.05, 0) is 78.4 Å². The second kappa shape index (κ2) is 28.4. The third kappa shape index (κ3) is 14.6. The van der Waals surface area contributed by atoms with Crippen molar-refractivity contribution in [3.05, 3.63) is 235 Å². The molecule has 12 rings (SSSR count). The van der Waals surface area contributed by atoms with Crippen LogP contribution >= 0.6 is 31.9 Å². The lowest BCUT2D eigenvalue weighted by Crippen LogP contribution is -2.55. The Bertz CT molecular complexity index is 4280. The van der Waals surface area contributed by atoms with Gasteiger partial charge in [0, 0.05) is 82.6 Å². The first-order valence-electron chi connectivity index (χ1n) is 27.4. The van der Waals surface area contributed by atoms with Crippen molar-refractivity contribution in [2.24, 2.45) is 0 Å². The van der Waals surface area contributed by atoms with Gasteiger partial charge in [0.1, 0.15) is 66.9 Å². The summed E-state index contributed by atoms with van der Waals surface area (Å²) in [5.74, 6) is -0.783. The van der Waals surface area contributed by atoms with E-state index in [9.17, 15) is 18.7 Å². The Morgan fingerprint density at radius 2 is 1.10 bits per heavy atom. The third-order valence-corrected chi connectivity index (χ3v) is 15.4. The zero-order valence-corrected chi connectivity index (χ0v) is 50.5. The molecule has 0 aliphatic carbocycles. The van der Waals surface area contributed by atoms with E-state index in [1.807, 2.05) is 47.0 Å². The summed E-state index contributed by atoms with van der Waals surface area (Å²) in [4.78, 5) is 34.8. The number of aliphatic hydroxyl groups is 1. The molecule has 6 aromatic carbocycles. The molecule has 0 bridgehead atoms. The zero-order chi connectivity index (χ0) is 61.9. The summed E-state index contributed by atoms with van der Waals surface area (Å²) in [6.45, 7) is 16.6. The minimum absolute atomic E-state index is 0.0399. The van der Waals surface area contributed by atoms with Gasteiger partial charge in [0.05, 0.1) is 78.9 Å². The number of pyridine rings is 2. The number of ether oxygens (including phenoxy) is 6. The Hall–Kier alpha value is -8.71. The van der Waals surface area contributed by atoms with Crippen molar-refractivity contribution in [2.45, 2.75) is 44.2 Å². The number of imidazole rings is 2. The summed E-state index contributed by atoms with van der Waals surface area (Å²) in [5.41, 5.74) is 5.87. The zero-order valence-electron chi connectivity index (χ0n) is 47.4. The van der Waals surface area contributed by atoms with Gasteiger partial charge in [-0.15, -0.1) is 0 Å². The monoisotopic (exact) mass is 1320 g/mol. The van der Waals surface area contributed by atoms with Crippen molar-refractivity contribution in [2.75, 3.05) is 53.9 Å². The van der Waals surface area contributed by atoms with Crippen LogP contribution in [0.1, 0.15) is 39.8 Å². The lowest BCUT2D eigenvalue weighted by atomic mass is 9.79. The Kier molecular flexibility index (Phi) is 20.1. The van der Waals surface area contributed by atoms with Gasteiger partial charge in [0.15, 0.2) is 17.2 Å². The van der Waals surface area contributed by atoms with Crippen LogP contribution in [0.5, 0.6) is 11.8 Å². The van der Waals surface area contributed by atoms with Gasteiger partial charge < -0.3 is 42.7 Å². The molecule has 0 spiro atoms. The number of halogens is 6. The van der Waals surface area contributed by atoms with Crippen LogP contribution in [-0.2, 0) is 56.5 Å². The van der Waals surface area contributed by atoms with Crippen molar-refractivity contribution in [1.29, 1.82) is 0 Å². The predicted molar refractivity (Wildman–Crippen MR) is 328 cm³/mol. The Morgan fingerprint density at radius 1 is 0.602 bits per heavy atom. The first-order chi connectivity index (χ1) is 42.6. The van der Waals surface area contributed by atoms with Crippen molar-refractivity contribution in [3.63, 3.8) is 0 Å². The average molecular weight is 1320 g/mol. The molecule has 16 nitrogen and oxygen atoms in total. The summed E-state index contributed by atoms with van der Waals surface area (Å²) < 4.78 is 97.6. The molecule has 1 unspecified atom stereocenters. The van der Waals surface area contributed by atoms with Crippen LogP contribution in [-0.4, -0.2) is 99.4 Å². The number of methoxy groups -OCH3 is 2. The Balaban J connectivity index is 0.000000181. The molecule has 88 heavy (non-hydrogen) atoms. The number of Topliss-reactive ketones (excluding diaryl/α,β-unsaturated/α-hetero) is 1. The molecular formula is C66H54Br2F4N8O8. The summed E-state index contributed by atoms with van der Waals surface area (Å²) in [6.07, 6.45) is 0.316. The van der Waals surface area contributed by atoms with Crippen LogP contribution in [0.25, 0.3) is 54.3 Å². The molecule has 1 atom stereocenters. The third-order valence-electron chi connectivity index (χ3n) is 14.4. The largest absolute Gasteiger partial charge is 0.473 e. The average Bonchev–Trinajstić information content (AvgIpc) is 1.58. The molecular weight excluding hydrogens is 1270 g/mol. The van der Waals surface area contributed by atoms with Crippen LogP contribution in [0.4, 0.5) is 28.9 Å². The second-order valence-corrected chi connectivity index (χ2v) is 22.2. The molecule has 22 heteroatoms. The van der Waals surface area contributed by atoms with Crippen molar-refractivity contribution in [3.8, 4) is 34.3 Å². The van der Waals surface area contributed by atoms with Crippen molar-refractivity contribution in [1.82, 2.24) is 29.1 Å². The van der Waals surface area contributed by atoms with Crippen molar-refractivity contribution < 1.29 is 55.9 Å². The van der Waals surface area contributed by atoms with E-state index >= 15 is 8.78 Å². The van der Waals surface area contributed by atoms with Gasteiger partial charge in [-0.1, -0.05) is 92.5 Å². The highest BCUT2D eigenvalue weighted by Crippen LogP contribution is 2.43. The molecule has 0 radical (unpaired) electrons. The fourth-order valence-electron chi connectivity index (χ4n) is 9.80. The summed E-state index contributed by atoms with van der Waals surface area (Å²) in [7, 11) is 3.26. The number of benzene rings is 6. The Labute approximate surface area is 520 Å². The van der Waals surface area contributed by atoms with Crippen LogP contribution in [0, 0.1) is 36.4 Å². The van der Waals surface area contributed by atoms with Gasteiger partial charge in [-0.2, -0.15) is 0 Å². The van der Waals surface area contributed by atoms with E-state index in [0.717, 1.165) is 37.4 Å². The van der Waals surface area contributed by atoms with Gasteiger partial charge in [0.2, 0.25) is 11.8 Å². The highest BCUT2D eigenvalue weighted by Gasteiger charge is 2.49. The SMILES string of the molecule is O=C1COC1.[C-]#[N+]c1ccc(COc2cccc(-c3ccc(C(c4nc5ccc(Br)cc5n4CCOC)C4(O)COC4)c(F)c3)n2)c(F)c1.[C-]#[N+]c1ccc(COc2cccc(-c3ccc(Cc4nc5ccc(Br)cc5n4CCOC)c(F)c3)n2)c(F)c1. The van der Waals surface area contributed by atoms with E-state index in [2.05, 4.69) is 60.8 Å². The minimum atomic E-state index is -1.36. The number of fused-ring (bicyclic) bond motifs is 2. The fourth-order valence-corrected chi connectivity index (χ4v) is 10.5. The first kappa shape index (κ1) is 62.3. The molecule has 1 N–H and O–H groups in total. The molecule has 2 aliphatic rings. The number of carbonyl (C=O) groups is 1. The molecule has 0 amide bonds. The molecule has 0 saturated carbocycles.